The van der Waals surface area contributed by atoms with Crippen molar-refractivity contribution in [3.05, 3.63) is 75.7 Å². The molecule has 0 aliphatic heterocycles. The number of carbonyl (C=O) groups is 2. The lowest BCUT2D eigenvalue weighted by atomic mass is 10.1. The van der Waals surface area contributed by atoms with Gasteiger partial charge in [-0.1, -0.05) is 30.3 Å². The fourth-order valence-corrected chi connectivity index (χ4v) is 3.43. The number of hydrogen-bond acceptors (Lipinski definition) is 6. The summed E-state index contributed by atoms with van der Waals surface area (Å²) in [6, 6.07) is 14.7. The minimum Gasteiger partial charge on any atom is -0.497 e. The number of methoxy groups -OCH3 is 1. The molecule has 0 saturated heterocycles. The standard InChI is InChI=1S/C22H19NO4S/c1-26-20-10-6-16(7-11-20)12-19(25)13-22-23-18(14-28-22)9-8-17-4-2-3-5-21(17)27-15-24/h2-11,14-15H,12-13H2,1H3/b9-8+. The van der Waals surface area contributed by atoms with Crippen LogP contribution in [-0.2, 0) is 22.4 Å². The molecule has 3 aromatic rings. The number of para-hydroxylation sites is 1. The van der Waals surface area contributed by atoms with Crippen LogP contribution in [0, 0.1) is 0 Å². The first-order chi connectivity index (χ1) is 13.7. The first kappa shape index (κ1) is 19.5. The van der Waals surface area contributed by atoms with Crippen LogP contribution in [0.5, 0.6) is 11.5 Å². The summed E-state index contributed by atoms with van der Waals surface area (Å²) in [5, 5.41) is 2.67. The second-order valence-electron chi connectivity index (χ2n) is 5.99. The molecule has 0 amide bonds. The monoisotopic (exact) mass is 393 g/mol. The molecule has 6 heteroatoms. The van der Waals surface area contributed by atoms with Crippen molar-refractivity contribution in [1.82, 2.24) is 4.98 Å². The average molecular weight is 393 g/mol. The Morgan fingerprint density at radius 3 is 2.61 bits per heavy atom. The second kappa shape index (κ2) is 9.62. The van der Waals surface area contributed by atoms with E-state index in [0.717, 1.165) is 27.6 Å². The summed E-state index contributed by atoms with van der Waals surface area (Å²) in [5.41, 5.74) is 2.49. The number of ether oxygens (including phenoxy) is 2. The summed E-state index contributed by atoms with van der Waals surface area (Å²) < 4.78 is 10.1. The van der Waals surface area contributed by atoms with Crippen LogP contribution in [0.15, 0.2) is 53.9 Å². The van der Waals surface area contributed by atoms with Gasteiger partial charge in [0.25, 0.3) is 6.47 Å². The van der Waals surface area contributed by atoms with E-state index in [0.29, 0.717) is 25.1 Å². The van der Waals surface area contributed by atoms with E-state index in [9.17, 15) is 9.59 Å². The first-order valence-corrected chi connectivity index (χ1v) is 9.52. The summed E-state index contributed by atoms with van der Waals surface area (Å²) in [5.74, 6) is 1.37. The van der Waals surface area contributed by atoms with Crippen LogP contribution < -0.4 is 9.47 Å². The molecule has 1 heterocycles. The first-order valence-electron chi connectivity index (χ1n) is 8.64. The van der Waals surface area contributed by atoms with Gasteiger partial charge in [0.1, 0.15) is 22.3 Å². The molecule has 0 aliphatic carbocycles. The number of carbonyl (C=O) groups excluding carboxylic acids is 2. The Labute approximate surface area is 167 Å². The summed E-state index contributed by atoms with van der Waals surface area (Å²) in [6.07, 6.45) is 4.33. The Kier molecular flexibility index (Phi) is 6.70. The highest BCUT2D eigenvalue weighted by atomic mass is 32.1. The van der Waals surface area contributed by atoms with Crippen molar-refractivity contribution in [2.24, 2.45) is 0 Å². The molecular formula is C22H19NO4S. The second-order valence-corrected chi connectivity index (χ2v) is 6.93. The number of nitrogens with zero attached hydrogens (tertiary/aromatic N) is 1. The van der Waals surface area contributed by atoms with E-state index in [1.165, 1.54) is 11.3 Å². The van der Waals surface area contributed by atoms with E-state index in [1.54, 1.807) is 19.2 Å². The molecule has 0 N–H and O–H groups in total. The van der Waals surface area contributed by atoms with Crippen molar-refractivity contribution in [2.45, 2.75) is 12.8 Å². The number of benzene rings is 2. The zero-order valence-electron chi connectivity index (χ0n) is 15.3. The van der Waals surface area contributed by atoms with Crippen molar-refractivity contribution in [1.29, 1.82) is 0 Å². The highest BCUT2D eigenvalue weighted by molar-refractivity contribution is 7.09. The van der Waals surface area contributed by atoms with Gasteiger partial charge in [-0.2, -0.15) is 0 Å². The fourth-order valence-electron chi connectivity index (χ4n) is 2.64. The third kappa shape index (κ3) is 5.37. The normalized spacial score (nSPS) is 10.8. The molecule has 0 radical (unpaired) electrons. The minimum atomic E-state index is 0.111. The maximum atomic E-state index is 12.3. The molecule has 5 nitrogen and oxygen atoms in total. The fraction of sp³-hybridized carbons (Fsp3) is 0.136. The van der Waals surface area contributed by atoms with Gasteiger partial charge in [-0.25, -0.2) is 4.98 Å². The van der Waals surface area contributed by atoms with Gasteiger partial charge in [0, 0.05) is 17.4 Å². The molecule has 142 valence electrons. The van der Waals surface area contributed by atoms with Gasteiger partial charge in [-0.3, -0.25) is 9.59 Å². The molecule has 28 heavy (non-hydrogen) atoms. The third-order valence-corrected chi connectivity index (χ3v) is 4.87. The summed E-state index contributed by atoms with van der Waals surface area (Å²) >= 11 is 1.45. The summed E-state index contributed by atoms with van der Waals surface area (Å²) in [4.78, 5) is 27.4. The predicted octanol–water partition coefficient (Wildman–Crippen LogP) is 4.21. The highest BCUT2D eigenvalue weighted by Gasteiger charge is 2.09. The molecule has 1 aromatic heterocycles. The van der Waals surface area contributed by atoms with Crippen molar-refractivity contribution in [3.8, 4) is 11.5 Å². The Morgan fingerprint density at radius 1 is 1.07 bits per heavy atom. The molecular weight excluding hydrogens is 374 g/mol. The molecule has 0 atom stereocenters. The highest BCUT2D eigenvalue weighted by Crippen LogP contribution is 2.21. The van der Waals surface area contributed by atoms with E-state index in [2.05, 4.69) is 4.98 Å². The van der Waals surface area contributed by atoms with Gasteiger partial charge in [0.05, 0.1) is 19.2 Å². The maximum Gasteiger partial charge on any atom is 0.298 e. The Hall–Kier alpha value is -3.25. The number of Topliss-reactive ketones (excluding diaryl/α,β-unsaturated/α-hetero) is 1. The zero-order chi connectivity index (χ0) is 19.8. The predicted molar refractivity (Wildman–Crippen MR) is 110 cm³/mol. The van der Waals surface area contributed by atoms with Crippen LogP contribution in [-0.4, -0.2) is 24.3 Å². The van der Waals surface area contributed by atoms with Crippen molar-refractivity contribution in [2.75, 3.05) is 7.11 Å². The quantitative estimate of drug-likeness (QED) is 0.510. The Morgan fingerprint density at radius 2 is 1.86 bits per heavy atom. The largest absolute Gasteiger partial charge is 0.497 e. The van der Waals surface area contributed by atoms with Gasteiger partial charge >= 0.3 is 0 Å². The third-order valence-electron chi connectivity index (χ3n) is 4.01. The lowest BCUT2D eigenvalue weighted by Crippen LogP contribution is -2.06. The minimum absolute atomic E-state index is 0.111. The number of ketones is 1. The van der Waals surface area contributed by atoms with Crippen LogP contribution in [0.2, 0.25) is 0 Å². The van der Waals surface area contributed by atoms with Crippen LogP contribution in [0.1, 0.15) is 21.8 Å². The molecule has 0 aliphatic rings. The molecule has 0 bridgehead atoms. The van der Waals surface area contributed by atoms with Crippen LogP contribution in [0.25, 0.3) is 12.2 Å². The van der Waals surface area contributed by atoms with E-state index in [-0.39, 0.29) is 5.78 Å². The van der Waals surface area contributed by atoms with Gasteiger partial charge in [-0.05, 0) is 35.9 Å². The van der Waals surface area contributed by atoms with E-state index in [4.69, 9.17) is 9.47 Å². The number of aromatic nitrogens is 1. The van der Waals surface area contributed by atoms with Gasteiger partial charge in [0.15, 0.2) is 0 Å². The molecule has 2 aromatic carbocycles. The number of hydrogen-bond donors (Lipinski definition) is 0. The molecule has 0 saturated carbocycles. The van der Waals surface area contributed by atoms with E-state index < -0.39 is 0 Å². The van der Waals surface area contributed by atoms with Gasteiger partial charge in [0.2, 0.25) is 0 Å². The van der Waals surface area contributed by atoms with Crippen molar-refractivity contribution < 1.29 is 19.1 Å². The lowest BCUT2D eigenvalue weighted by molar-refractivity contribution is -0.120. The van der Waals surface area contributed by atoms with Crippen LogP contribution >= 0.6 is 11.3 Å². The van der Waals surface area contributed by atoms with Crippen molar-refractivity contribution >= 4 is 35.7 Å². The van der Waals surface area contributed by atoms with E-state index >= 15 is 0 Å². The topological polar surface area (TPSA) is 65.5 Å². The zero-order valence-corrected chi connectivity index (χ0v) is 16.1. The maximum absolute atomic E-state index is 12.3. The number of rotatable bonds is 9. The average Bonchev–Trinajstić information content (AvgIpc) is 3.15. The summed E-state index contributed by atoms with van der Waals surface area (Å²) in [6.45, 7) is 0.405. The van der Waals surface area contributed by atoms with Crippen LogP contribution in [0.3, 0.4) is 0 Å². The number of thiazole rings is 1. The SMILES string of the molecule is COc1ccc(CC(=O)Cc2nc(/C=C/c3ccccc3OC=O)cs2)cc1. The van der Waals surface area contributed by atoms with Gasteiger partial charge < -0.3 is 9.47 Å². The van der Waals surface area contributed by atoms with Gasteiger partial charge in [-0.15, -0.1) is 11.3 Å². The summed E-state index contributed by atoms with van der Waals surface area (Å²) in [7, 11) is 1.61. The van der Waals surface area contributed by atoms with Crippen LogP contribution in [0.4, 0.5) is 0 Å². The molecule has 0 unspecified atom stereocenters. The van der Waals surface area contributed by atoms with Crippen molar-refractivity contribution in [3.63, 3.8) is 0 Å². The lowest BCUT2D eigenvalue weighted by Gasteiger charge is -2.02. The molecule has 3 rings (SSSR count). The Balaban J connectivity index is 1.60. The molecule has 0 fully saturated rings. The smallest absolute Gasteiger partial charge is 0.298 e. The Bertz CT molecular complexity index is 976. The van der Waals surface area contributed by atoms with E-state index in [1.807, 2.05) is 53.9 Å². The molecule has 0 spiro atoms.